The molecule has 1 saturated carbocycles. The molecule has 25 heavy (non-hydrogen) atoms. The number of fused-ring (bicyclic) bond motifs is 1. The number of aromatic nitrogens is 4. The van der Waals surface area contributed by atoms with Gasteiger partial charge in [0.2, 0.25) is 0 Å². The molecule has 3 aromatic rings. The van der Waals surface area contributed by atoms with Crippen molar-refractivity contribution in [2.45, 2.75) is 31.8 Å². The number of hydrogen-bond acceptors (Lipinski definition) is 5. The van der Waals surface area contributed by atoms with Gasteiger partial charge in [-0.05, 0) is 50.7 Å². The van der Waals surface area contributed by atoms with Crippen LogP contribution < -0.4 is 5.32 Å². The maximum absolute atomic E-state index is 14.2. The van der Waals surface area contributed by atoms with Gasteiger partial charge in [-0.2, -0.15) is 4.52 Å². The zero-order chi connectivity index (χ0) is 17.4. The Balaban J connectivity index is 1.48. The Morgan fingerprint density at radius 3 is 2.76 bits per heavy atom. The fourth-order valence-corrected chi connectivity index (χ4v) is 2.86. The monoisotopic (exact) mass is 340 g/mol. The molecule has 1 N–H and O–H groups in total. The predicted molar refractivity (Wildman–Crippen MR) is 93.9 cm³/mol. The van der Waals surface area contributed by atoms with Crippen LogP contribution in [0.3, 0.4) is 0 Å². The first-order chi connectivity index (χ1) is 12.1. The molecule has 2 heterocycles. The van der Waals surface area contributed by atoms with Crippen LogP contribution in [0.1, 0.15) is 35.7 Å². The van der Waals surface area contributed by atoms with Crippen molar-refractivity contribution in [1.82, 2.24) is 24.7 Å². The van der Waals surface area contributed by atoms with Crippen LogP contribution in [0.4, 0.5) is 10.2 Å². The minimum absolute atomic E-state index is 0.175. The summed E-state index contributed by atoms with van der Waals surface area (Å²) in [5.41, 5.74) is 2.34. The van der Waals surface area contributed by atoms with E-state index in [1.807, 2.05) is 43.3 Å². The van der Waals surface area contributed by atoms with Crippen molar-refractivity contribution in [3.05, 3.63) is 53.1 Å². The molecule has 0 bridgehead atoms. The van der Waals surface area contributed by atoms with E-state index < -0.39 is 0 Å². The Hall–Kier alpha value is -2.54. The summed E-state index contributed by atoms with van der Waals surface area (Å²) < 4.78 is 16.0. The van der Waals surface area contributed by atoms with Gasteiger partial charge in [-0.25, -0.2) is 4.39 Å². The summed E-state index contributed by atoms with van der Waals surface area (Å²) in [6.45, 7) is 1.11. The lowest BCUT2D eigenvalue weighted by Crippen LogP contribution is -2.12. The van der Waals surface area contributed by atoms with E-state index in [-0.39, 0.29) is 5.82 Å². The number of anilines is 1. The van der Waals surface area contributed by atoms with Gasteiger partial charge in [-0.3, -0.25) is 0 Å². The third-order valence-electron chi connectivity index (χ3n) is 4.31. The van der Waals surface area contributed by atoms with Gasteiger partial charge in [0.25, 0.3) is 0 Å². The minimum Gasteiger partial charge on any atom is -0.365 e. The zero-order valence-corrected chi connectivity index (χ0v) is 14.4. The molecule has 130 valence electrons. The fraction of sp³-hybridized carbons (Fsp3) is 0.389. The van der Waals surface area contributed by atoms with Crippen molar-refractivity contribution in [2.24, 2.45) is 0 Å². The molecule has 0 atom stereocenters. The Kier molecular flexibility index (Phi) is 4.09. The van der Waals surface area contributed by atoms with E-state index in [4.69, 9.17) is 0 Å². The summed E-state index contributed by atoms with van der Waals surface area (Å²) in [6, 6.07) is 9.14. The first-order valence-electron chi connectivity index (χ1n) is 8.48. The summed E-state index contributed by atoms with van der Waals surface area (Å²) in [7, 11) is 3.86. The van der Waals surface area contributed by atoms with Gasteiger partial charge in [0.1, 0.15) is 11.6 Å². The third kappa shape index (κ3) is 3.46. The molecule has 1 aromatic carbocycles. The lowest BCUT2D eigenvalue weighted by Gasteiger charge is -2.12. The molecule has 0 saturated heterocycles. The minimum atomic E-state index is -0.175. The van der Waals surface area contributed by atoms with E-state index in [1.54, 1.807) is 10.6 Å². The zero-order valence-electron chi connectivity index (χ0n) is 14.4. The lowest BCUT2D eigenvalue weighted by atomic mass is 10.1. The summed E-state index contributed by atoms with van der Waals surface area (Å²) in [5, 5.41) is 16.2. The van der Waals surface area contributed by atoms with Crippen LogP contribution in [-0.2, 0) is 13.1 Å². The Morgan fingerprint density at radius 2 is 2.04 bits per heavy atom. The van der Waals surface area contributed by atoms with E-state index in [0.29, 0.717) is 24.6 Å². The molecule has 0 unspecified atom stereocenters. The van der Waals surface area contributed by atoms with Gasteiger partial charge < -0.3 is 10.2 Å². The fourth-order valence-electron chi connectivity index (χ4n) is 2.86. The largest absolute Gasteiger partial charge is 0.365 e. The standard InChI is InChI=1S/C18H21FN6/c1-24(2)11-14-4-3-12(9-15(14)19)10-20-16-7-8-17-21-22-18(13-5-6-13)25(17)23-16/h3-4,7-9,13H,5-6,10-11H2,1-2H3,(H,20,23). The average Bonchev–Trinajstić information content (AvgIpc) is 3.34. The van der Waals surface area contributed by atoms with E-state index in [0.717, 1.165) is 35.7 Å². The van der Waals surface area contributed by atoms with Gasteiger partial charge in [0.05, 0.1) is 0 Å². The van der Waals surface area contributed by atoms with Crippen molar-refractivity contribution < 1.29 is 4.39 Å². The molecule has 0 amide bonds. The van der Waals surface area contributed by atoms with Crippen LogP contribution in [0, 0.1) is 5.82 Å². The molecule has 7 heteroatoms. The Morgan fingerprint density at radius 1 is 1.20 bits per heavy atom. The van der Waals surface area contributed by atoms with Crippen LogP contribution in [0.25, 0.3) is 5.65 Å². The van der Waals surface area contributed by atoms with E-state index in [9.17, 15) is 4.39 Å². The van der Waals surface area contributed by atoms with Gasteiger partial charge in [-0.1, -0.05) is 12.1 Å². The number of benzene rings is 1. The molecular formula is C18H21FN6. The second-order valence-corrected chi connectivity index (χ2v) is 6.84. The number of nitrogens with one attached hydrogen (secondary N) is 1. The molecule has 4 rings (SSSR count). The topological polar surface area (TPSA) is 58.3 Å². The van der Waals surface area contributed by atoms with E-state index in [2.05, 4.69) is 20.6 Å². The maximum atomic E-state index is 14.2. The van der Waals surface area contributed by atoms with Crippen LogP contribution in [0.5, 0.6) is 0 Å². The lowest BCUT2D eigenvalue weighted by molar-refractivity contribution is 0.392. The van der Waals surface area contributed by atoms with Crippen molar-refractivity contribution in [3.63, 3.8) is 0 Å². The van der Waals surface area contributed by atoms with E-state index in [1.165, 1.54) is 0 Å². The van der Waals surface area contributed by atoms with Crippen LogP contribution >= 0.6 is 0 Å². The van der Waals surface area contributed by atoms with Crippen LogP contribution in [0.2, 0.25) is 0 Å². The summed E-state index contributed by atoms with van der Waals surface area (Å²) in [6.07, 6.45) is 2.30. The highest BCUT2D eigenvalue weighted by atomic mass is 19.1. The molecule has 6 nitrogen and oxygen atoms in total. The van der Waals surface area contributed by atoms with Crippen LogP contribution in [0.15, 0.2) is 30.3 Å². The summed E-state index contributed by atoms with van der Waals surface area (Å²) in [5.74, 6) is 1.96. The molecule has 2 aromatic heterocycles. The molecule has 0 spiro atoms. The van der Waals surface area contributed by atoms with Gasteiger partial charge in [-0.15, -0.1) is 15.3 Å². The predicted octanol–water partition coefficient (Wildman–Crippen LogP) is 2.81. The highest BCUT2D eigenvalue weighted by Gasteiger charge is 2.29. The first kappa shape index (κ1) is 16.0. The average molecular weight is 340 g/mol. The molecule has 0 radical (unpaired) electrons. The molecular weight excluding hydrogens is 319 g/mol. The summed E-state index contributed by atoms with van der Waals surface area (Å²) in [4.78, 5) is 1.95. The Bertz CT molecular complexity index is 900. The summed E-state index contributed by atoms with van der Waals surface area (Å²) >= 11 is 0. The first-order valence-corrected chi connectivity index (χ1v) is 8.48. The van der Waals surface area contributed by atoms with Gasteiger partial charge in [0.15, 0.2) is 11.5 Å². The van der Waals surface area contributed by atoms with Crippen molar-refractivity contribution in [3.8, 4) is 0 Å². The van der Waals surface area contributed by atoms with Crippen molar-refractivity contribution >= 4 is 11.5 Å². The molecule has 0 aliphatic heterocycles. The smallest absolute Gasteiger partial charge is 0.178 e. The third-order valence-corrected chi connectivity index (χ3v) is 4.31. The van der Waals surface area contributed by atoms with Crippen LogP contribution in [-0.4, -0.2) is 38.8 Å². The second-order valence-electron chi connectivity index (χ2n) is 6.84. The van der Waals surface area contributed by atoms with Gasteiger partial charge in [0, 0.05) is 24.6 Å². The highest BCUT2D eigenvalue weighted by molar-refractivity contribution is 5.45. The molecule has 1 aliphatic rings. The molecule has 1 aliphatic carbocycles. The number of hydrogen-bond donors (Lipinski definition) is 1. The normalized spacial score (nSPS) is 14.4. The molecule has 1 fully saturated rings. The van der Waals surface area contributed by atoms with Crippen molar-refractivity contribution in [1.29, 1.82) is 0 Å². The Labute approximate surface area is 145 Å². The SMILES string of the molecule is CN(C)Cc1ccc(CNc2ccc3nnc(C4CC4)n3n2)cc1F. The quantitative estimate of drug-likeness (QED) is 0.748. The number of nitrogens with zero attached hydrogens (tertiary/aromatic N) is 5. The van der Waals surface area contributed by atoms with Gasteiger partial charge >= 0.3 is 0 Å². The van der Waals surface area contributed by atoms with Crippen molar-refractivity contribution in [2.75, 3.05) is 19.4 Å². The second kappa shape index (κ2) is 6.40. The van der Waals surface area contributed by atoms with E-state index >= 15 is 0 Å². The maximum Gasteiger partial charge on any atom is 0.178 e. The number of halogens is 1. The highest BCUT2D eigenvalue weighted by Crippen LogP contribution is 2.38. The number of rotatable bonds is 6.